The topological polar surface area (TPSA) is 73.3 Å². The standard InChI is InChI=1S/C14H21N3O3/c1-4-20-12(18)11-8-15-13(17-10(11)2)16-9-14(19-3)6-5-7-14/h8H,4-7,9H2,1-3H3,(H,15,16,17). The molecule has 6 heteroatoms. The second-order valence-corrected chi connectivity index (χ2v) is 5.01. The van der Waals surface area contributed by atoms with Gasteiger partial charge >= 0.3 is 5.97 Å². The minimum absolute atomic E-state index is 0.0862. The highest BCUT2D eigenvalue weighted by molar-refractivity contribution is 5.90. The number of ether oxygens (including phenoxy) is 2. The van der Waals surface area contributed by atoms with Gasteiger partial charge in [-0.2, -0.15) is 0 Å². The maximum Gasteiger partial charge on any atom is 0.341 e. The van der Waals surface area contributed by atoms with Gasteiger partial charge in [0.15, 0.2) is 0 Å². The number of nitrogens with zero attached hydrogens (tertiary/aromatic N) is 2. The third-order valence-corrected chi connectivity index (χ3v) is 3.74. The zero-order chi connectivity index (χ0) is 14.6. The Morgan fingerprint density at radius 3 is 2.75 bits per heavy atom. The molecular weight excluding hydrogens is 258 g/mol. The van der Waals surface area contributed by atoms with E-state index in [1.807, 2.05) is 0 Å². The molecule has 0 aromatic carbocycles. The molecule has 0 bridgehead atoms. The van der Waals surface area contributed by atoms with Crippen LogP contribution in [0.25, 0.3) is 0 Å². The molecule has 1 fully saturated rings. The second kappa shape index (κ2) is 6.17. The van der Waals surface area contributed by atoms with E-state index < -0.39 is 0 Å². The van der Waals surface area contributed by atoms with Crippen molar-refractivity contribution in [2.45, 2.75) is 38.7 Å². The number of hydrogen-bond donors (Lipinski definition) is 1. The number of hydrogen-bond acceptors (Lipinski definition) is 6. The van der Waals surface area contributed by atoms with Crippen LogP contribution in [0.15, 0.2) is 6.20 Å². The van der Waals surface area contributed by atoms with Crippen molar-refractivity contribution in [3.8, 4) is 0 Å². The van der Waals surface area contributed by atoms with Gasteiger partial charge in [-0.15, -0.1) is 0 Å². The number of methoxy groups -OCH3 is 1. The molecule has 1 aliphatic carbocycles. The van der Waals surface area contributed by atoms with E-state index >= 15 is 0 Å². The molecule has 1 saturated carbocycles. The Kier molecular flexibility index (Phi) is 4.54. The van der Waals surface area contributed by atoms with Crippen molar-refractivity contribution in [2.24, 2.45) is 0 Å². The SMILES string of the molecule is CCOC(=O)c1cnc(NCC2(OC)CCC2)nc1C. The van der Waals surface area contributed by atoms with E-state index in [-0.39, 0.29) is 11.6 Å². The van der Waals surface area contributed by atoms with Gasteiger partial charge in [-0.1, -0.05) is 0 Å². The van der Waals surface area contributed by atoms with E-state index in [0.717, 1.165) is 12.8 Å². The molecule has 1 aromatic heterocycles. The second-order valence-electron chi connectivity index (χ2n) is 5.01. The van der Waals surface area contributed by atoms with Gasteiger partial charge < -0.3 is 14.8 Å². The van der Waals surface area contributed by atoms with Gasteiger partial charge in [0, 0.05) is 19.9 Å². The zero-order valence-electron chi connectivity index (χ0n) is 12.2. The lowest BCUT2D eigenvalue weighted by Crippen LogP contribution is -2.45. The van der Waals surface area contributed by atoms with Crippen LogP contribution in [0.1, 0.15) is 42.2 Å². The minimum atomic E-state index is -0.385. The Hall–Kier alpha value is -1.69. The summed E-state index contributed by atoms with van der Waals surface area (Å²) in [4.78, 5) is 20.1. The molecule has 20 heavy (non-hydrogen) atoms. The summed E-state index contributed by atoms with van der Waals surface area (Å²) < 4.78 is 10.5. The molecule has 0 atom stereocenters. The van der Waals surface area contributed by atoms with Crippen molar-refractivity contribution in [1.82, 2.24) is 9.97 Å². The highest BCUT2D eigenvalue weighted by Crippen LogP contribution is 2.34. The molecule has 110 valence electrons. The smallest absolute Gasteiger partial charge is 0.341 e. The Morgan fingerprint density at radius 1 is 1.50 bits per heavy atom. The Labute approximate surface area is 118 Å². The molecule has 2 rings (SSSR count). The molecule has 0 amide bonds. The predicted octanol–water partition coefficient (Wildman–Crippen LogP) is 1.94. The summed E-state index contributed by atoms with van der Waals surface area (Å²) in [7, 11) is 1.73. The van der Waals surface area contributed by atoms with Gasteiger partial charge in [0.2, 0.25) is 5.95 Å². The number of nitrogens with one attached hydrogen (secondary N) is 1. The third-order valence-electron chi connectivity index (χ3n) is 3.74. The van der Waals surface area contributed by atoms with E-state index in [9.17, 15) is 4.79 Å². The van der Waals surface area contributed by atoms with Crippen LogP contribution in [0, 0.1) is 6.92 Å². The van der Waals surface area contributed by atoms with Crippen molar-refractivity contribution in [3.63, 3.8) is 0 Å². The molecule has 1 aromatic rings. The summed E-state index contributed by atoms with van der Waals surface area (Å²) in [6, 6.07) is 0. The van der Waals surface area contributed by atoms with E-state index in [1.54, 1.807) is 21.0 Å². The summed E-state index contributed by atoms with van der Waals surface area (Å²) in [5.74, 6) is 0.128. The van der Waals surface area contributed by atoms with Crippen LogP contribution in [0.5, 0.6) is 0 Å². The molecule has 0 aliphatic heterocycles. The molecule has 1 heterocycles. The van der Waals surface area contributed by atoms with Gasteiger partial charge in [0.25, 0.3) is 0 Å². The number of aromatic nitrogens is 2. The summed E-state index contributed by atoms with van der Waals surface area (Å²) >= 11 is 0. The quantitative estimate of drug-likeness (QED) is 0.802. The van der Waals surface area contributed by atoms with Crippen molar-refractivity contribution < 1.29 is 14.3 Å². The number of rotatable bonds is 6. The van der Waals surface area contributed by atoms with Crippen LogP contribution in [0.2, 0.25) is 0 Å². The lowest BCUT2D eigenvalue weighted by Gasteiger charge is -2.40. The van der Waals surface area contributed by atoms with Crippen LogP contribution < -0.4 is 5.32 Å². The highest BCUT2D eigenvalue weighted by Gasteiger charge is 2.36. The Bertz CT molecular complexity index is 481. The first-order valence-corrected chi connectivity index (χ1v) is 6.90. The molecule has 0 spiro atoms. The van der Waals surface area contributed by atoms with Crippen LogP contribution in [-0.2, 0) is 9.47 Å². The molecule has 1 N–H and O–H groups in total. The molecule has 0 saturated heterocycles. The van der Waals surface area contributed by atoms with Crippen LogP contribution in [0.3, 0.4) is 0 Å². The van der Waals surface area contributed by atoms with Gasteiger partial charge in [0.05, 0.1) is 23.5 Å². The monoisotopic (exact) mass is 279 g/mol. The fourth-order valence-electron chi connectivity index (χ4n) is 2.23. The largest absolute Gasteiger partial charge is 0.462 e. The van der Waals surface area contributed by atoms with Gasteiger partial charge in [-0.05, 0) is 33.1 Å². The summed E-state index contributed by atoms with van der Waals surface area (Å²) in [6.45, 7) is 4.57. The highest BCUT2D eigenvalue weighted by atomic mass is 16.5. The number of carbonyl (C=O) groups excluding carboxylic acids is 1. The van der Waals surface area contributed by atoms with E-state index in [2.05, 4.69) is 15.3 Å². The van der Waals surface area contributed by atoms with Gasteiger partial charge in [0.1, 0.15) is 0 Å². The van der Waals surface area contributed by atoms with Crippen LogP contribution in [-0.4, -0.2) is 41.8 Å². The average molecular weight is 279 g/mol. The zero-order valence-corrected chi connectivity index (χ0v) is 12.2. The lowest BCUT2D eigenvalue weighted by atomic mass is 9.80. The fourth-order valence-corrected chi connectivity index (χ4v) is 2.23. The maximum atomic E-state index is 11.7. The number of esters is 1. The Morgan fingerprint density at radius 2 is 2.25 bits per heavy atom. The molecule has 6 nitrogen and oxygen atoms in total. The average Bonchev–Trinajstić information content (AvgIpc) is 2.38. The minimum Gasteiger partial charge on any atom is -0.462 e. The van der Waals surface area contributed by atoms with Crippen LogP contribution >= 0.6 is 0 Å². The van der Waals surface area contributed by atoms with Crippen molar-refractivity contribution in [1.29, 1.82) is 0 Å². The molecular formula is C14H21N3O3. The predicted molar refractivity (Wildman–Crippen MR) is 74.8 cm³/mol. The summed E-state index contributed by atoms with van der Waals surface area (Å²) in [5, 5.41) is 3.18. The fraction of sp³-hybridized carbons (Fsp3) is 0.643. The molecule has 0 radical (unpaired) electrons. The number of carbonyl (C=O) groups is 1. The normalized spacial score (nSPS) is 16.4. The number of anilines is 1. The summed E-state index contributed by atoms with van der Waals surface area (Å²) in [5.41, 5.74) is 0.931. The van der Waals surface area contributed by atoms with E-state index in [0.29, 0.717) is 30.4 Å². The molecule has 1 aliphatic rings. The van der Waals surface area contributed by atoms with E-state index in [1.165, 1.54) is 12.6 Å². The summed E-state index contributed by atoms with van der Waals surface area (Å²) in [6.07, 6.45) is 4.80. The first-order valence-electron chi connectivity index (χ1n) is 6.90. The first kappa shape index (κ1) is 14.7. The Balaban J connectivity index is 2.00. The third kappa shape index (κ3) is 3.07. The van der Waals surface area contributed by atoms with Gasteiger partial charge in [-0.3, -0.25) is 0 Å². The first-order chi connectivity index (χ1) is 9.60. The van der Waals surface area contributed by atoms with Crippen molar-refractivity contribution >= 4 is 11.9 Å². The van der Waals surface area contributed by atoms with Crippen LogP contribution in [0.4, 0.5) is 5.95 Å². The number of aryl methyl sites for hydroxylation is 1. The lowest BCUT2D eigenvalue weighted by molar-refractivity contribution is -0.0602. The molecule has 0 unspecified atom stereocenters. The van der Waals surface area contributed by atoms with Crippen molar-refractivity contribution in [3.05, 3.63) is 17.5 Å². The van der Waals surface area contributed by atoms with Gasteiger partial charge in [-0.25, -0.2) is 14.8 Å². The van der Waals surface area contributed by atoms with E-state index in [4.69, 9.17) is 9.47 Å². The maximum absolute atomic E-state index is 11.7. The van der Waals surface area contributed by atoms with Crippen molar-refractivity contribution in [2.75, 3.05) is 25.6 Å².